The maximum Gasteiger partial charge on any atom is 0.0556 e. The molecule has 3 aromatic heterocycles. The fourth-order valence-electron chi connectivity index (χ4n) is 4.53. The van der Waals surface area contributed by atoms with Crippen molar-refractivity contribution in [3.05, 3.63) is 90.0 Å². The third-order valence-electron chi connectivity index (χ3n) is 5.78. The number of benzene rings is 3. The van der Waals surface area contributed by atoms with Gasteiger partial charge in [-0.05, 0) is 35.7 Å². The minimum Gasteiger partial charge on any atom is -0.354 e. The van der Waals surface area contributed by atoms with E-state index in [9.17, 15) is 0 Å². The molecular weight excluding hydrogens is 340 g/mol. The van der Waals surface area contributed by atoms with Crippen LogP contribution >= 0.6 is 0 Å². The van der Waals surface area contributed by atoms with E-state index in [1.54, 1.807) is 6.08 Å². The SMILES string of the molecule is C=C/C=c1/[nH]c2cc3c(cc2c1=C)cc1c2ccccc2c2ccccc2n31. The van der Waals surface area contributed by atoms with Crippen molar-refractivity contribution in [1.82, 2.24) is 9.38 Å². The smallest absolute Gasteiger partial charge is 0.0556 e. The first-order valence-electron chi connectivity index (χ1n) is 9.44. The van der Waals surface area contributed by atoms with E-state index >= 15 is 0 Å². The van der Waals surface area contributed by atoms with E-state index in [4.69, 9.17) is 0 Å². The Bertz CT molecular complexity index is 1690. The number of hydrogen-bond acceptors (Lipinski definition) is 0. The van der Waals surface area contributed by atoms with Gasteiger partial charge in [-0.15, -0.1) is 0 Å². The Morgan fingerprint density at radius 3 is 2.25 bits per heavy atom. The van der Waals surface area contributed by atoms with Crippen LogP contribution in [0.1, 0.15) is 0 Å². The zero-order chi connectivity index (χ0) is 18.8. The topological polar surface area (TPSA) is 20.2 Å². The number of allylic oxidation sites excluding steroid dienone is 1. The Morgan fingerprint density at radius 2 is 1.46 bits per heavy atom. The van der Waals surface area contributed by atoms with Crippen LogP contribution in [0.15, 0.2) is 79.4 Å². The van der Waals surface area contributed by atoms with Crippen molar-refractivity contribution >= 4 is 61.7 Å². The summed E-state index contributed by atoms with van der Waals surface area (Å²) >= 11 is 0. The number of pyridine rings is 1. The molecule has 0 saturated heterocycles. The molecule has 0 saturated carbocycles. The Morgan fingerprint density at radius 1 is 0.750 bits per heavy atom. The summed E-state index contributed by atoms with van der Waals surface area (Å²) in [5.41, 5.74) is 4.77. The molecule has 132 valence electrons. The van der Waals surface area contributed by atoms with E-state index in [0.29, 0.717) is 0 Å². The summed E-state index contributed by atoms with van der Waals surface area (Å²) in [6.07, 6.45) is 3.77. The standard InChI is InChI=1S/C26H18N2/c1-3-8-22-16(2)21-13-17-14-26-20-11-5-4-9-18(20)19-10-6-7-12-24(19)28(26)25(17)15-23(21)27-22/h3-15,27H,1-2H2/b22-8+. The minimum absolute atomic E-state index is 1.02. The zero-order valence-corrected chi connectivity index (χ0v) is 15.4. The molecule has 1 N–H and O–H groups in total. The molecule has 6 rings (SSSR count). The number of para-hydroxylation sites is 1. The molecular formula is C26H18N2. The summed E-state index contributed by atoms with van der Waals surface area (Å²) < 4.78 is 2.38. The third-order valence-corrected chi connectivity index (χ3v) is 5.78. The first-order chi connectivity index (χ1) is 13.8. The highest BCUT2D eigenvalue weighted by atomic mass is 14.9. The summed E-state index contributed by atoms with van der Waals surface area (Å²) in [5, 5.41) is 8.25. The van der Waals surface area contributed by atoms with Crippen LogP contribution < -0.4 is 10.6 Å². The van der Waals surface area contributed by atoms with Crippen molar-refractivity contribution in [3.63, 3.8) is 0 Å². The largest absolute Gasteiger partial charge is 0.354 e. The number of H-pyrrole nitrogens is 1. The predicted molar refractivity (Wildman–Crippen MR) is 121 cm³/mol. The second-order valence-corrected chi connectivity index (χ2v) is 7.30. The average molecular weight is 358 g/mol. The van der Waals surface area contributed by atoms with E-state index in [0.717, 1.165) is 21.5 Å². The molecule has 0 unspecified atom stereocenters. The van der Waals surface area contributed by atoms with Crippen LogP contribution in [0.3, 0.4) is 0 Å². The van der Waals surface area contributed by atoms with Crippen molar-refractivity contribution in [2.24, 2.45) is 0 Å². The van der Waals surface area contributed by atoms with Crippen molar-refractivity contribution in [2.45, 2.75) is 0 Å². The molecule has 6 aromatic rings. The van der Waals surface area contributed by atoms with Gasteiger partial charge in [0.2, 0.25) is 0 Å². The van der Waals surface area contributed by atoms with Gasteiger partial charge in [-0.2, -0.15) is 0 Å². The Hall–Kier alpha value is -3.78. The van der Waals surface area contributed by atoms with Gasteiger partial charge in [-0.1, -0.05) is 61.7 Å². The zero-order valence-electron chi connectivity index (χ0n) is 15.4. The maximum absolute atomic E-state index is 4.27. The highest BCUT2D eigenvalue weighted by molar-refractivity contribution is 6.16. The van der Waals surface area contributed by atoms with Crippen LogP contribution in [-0.4, -0.2) is 9.38 Å². The highest BCUT2D eigenvalue weighted by Crippen LogP contribution is 2.34. The number of rotatable bonds is 1. The van der Waals surface area contributed by atoms with Gasteiger partial charge in [-0.3, -0.25) is 0 Å². The molecule has 0 aliphatic heterocycles. The van der Waals surface area contributed by atoms with E-state index in [1.165, 1.54) is 38.1 Å². The first kappa shape index (κ1) is 15.3. The summed E-state index contributed by atoms with van der Waals surface area (Å²) in [4.78, 5) is 3.49. The van der Waals surface area contributed by atoms with Gasteiger partial charge < -0.3 is 9.38 Å². The summed E-state index contributed by atoms with van der Waals surface area (Å²) in [6.45, 7) is 8.08. The van der Waals surface area contributed by atoms with Gasteiger partial charge in [0.1, 0.15) is 0 Å². The Labute approximate surface area is 161 Å². The number of aromatic nitrogens is 2. The molecule has 3 heterocycles. The monoisotopic (exact) mass is 358 g/mol. The molecule has 0 fully saturated rings. The molecule has 28 heavy (non-hydrogen) atoms. The van der Waals surface area contributed by atoms with E-state index in [2.05, 4.69) is 89.3 Å². The van der Waals surface area contributed by atoms with Crippen molar-refractivity contribution < 1.29 is 0 Å². The third kappa shape index (κ3) is 1.87. The normalized spacial score (nSPS) is 12.8. The number of fused-ring (bicyclic) bond motifs is 9. The number of nitrogens with zero attached hydrogens (tertiary/aromatic N) is 1. The van der Waals surface area contributed by atoms with Gasteiger partial charge in [-0.25, -0.2) is 0 Å². The molecule has 0 radical (unpaired) electrons. The van der Waals surface area contributed by atoms with Gasteiger partial charge in [0.15, 0.2) is 0 Å². The van der Waals surface area contributed by atoms with E-state index in [-0.39, 0.29) is 0 Å². The van der Waals surface area contributed by atoms with Crippen molar-refractivity contribution in [2.75, 3.05) is 0 Å². The van der Waals surface area contributed by atoms with Crippen LogP contribution in [0.5, 0.6) is 0 Å². The lowest BCUT2D eigenvalue weighted by Gasteiger charge is -2.09. The average Bonchev–Trinajstić information content (AvgIpc) is 3.25. The molecule has 0 atom stereocenters. The second-order valence-electron chi connectivity index (χ2n) is 7.30. The molecule has 2 heteroatoms. The maximum atomic E-state index is 4.27. The molecule has 0 amide bonds. The molecule has 0 bridgehead atoms. The van der Waals surface area contributed by atoms with Crippen LogP contribution in [0.4, 0.5) is 0 Å². The van der Waals surface area contributed by atoms with E-state index < -0.39 is 0 Å². The molecule has 0 spiro atoms. The van der Waals surface area contributed by atoms with Crippen LogP contribution in [0.2, 0.25) is 0 Å². The van der Waals surface area contributed by atoms with Crippen LogP contribution in [0, 0.1) is 0 Å². The lowest BCUT2D eigenvalue weighted by molar-refractivity contribution is 1.34. The lowest BCUT2D eigenvalue weighted by atomic mass is 10.1. The molecule has 0 aliphatic carbocycles. The number of nitrogens with one attached hydrogen (secondary N) is 1. The first-order valence-corrected chi connectivity index (χ1v) is 9.44. The summed E-state index contributed by atoms with van der Waals surface area (Å²) in [5.74, 6) is 0. The van der Waals surface area contributed by atoms with Crippen molar-refractivity contribution in [1.29, 1.82) is 0 Å². The fourth-order valence-corrected chi connectivity index (χ4v) is 4.53. The minimum atomic E-state index is 1.02. The van der Waals surface area contributed by atoms with Gasteiger partial charge in [0, 0.05) is 37.6 Å². The second kappa shape index (κ2) is 5.37. The van der Waals surface area contributed by atoms with Gasteiger partial charge >= 0.3 is 0 Å². The summed E-state index contributed by atoms with van der Waals surface area (Å²) in [7, 11) is 0. The van der Waals surface area contributed by atoms with Gasteiger partial charge in [0.25, 0.3) is 0 Å². The molecule has 2 nitrogen and oxygen atoms in total. The quantitative estimate of drug-likeness (QED) is 0.387. The van der Waals surface area contributed by atoms with Crippen molar-refractivity contribution in [3.8, 4) is 0 Å². The van der Waals surface area contributed by atoms with Crippen LogP contribution in [0.25, 0.3) is 61.7 Å². The molecule has 0 aliphatic rings. The molecule has 3 aromatic carbocycles. The van der Waals surface area contributed by atoms with E-state index in [1.807, 2.05) is 6.08 Å². The Kier molecular flexibility index (Phi) is 2.93. The fraction of sp³-hybridized carbons (Fsp3) is 0. The number of hydrogen-bond donors (Lipinski definition) is 1. The number of aromatic amines is 1. The van der Waals surface area contributed by atoms with Gasteiger partial charge in [0.05, 0.1) is 16.6 Å². The lowest BCUT2D eigenvalue weighted by Crippen LogP contribution is -2.20. The Balaban J connectivity index is 1.91. The summed E-state index contributed by atoms with van der Waals surface area (Å²) in [6, 6.07) is 24.1. The van der Waals surface area contributed by atoms with Crippen LogP contribution in [-0.2, 0) is 0 Å². The predicted octanol–water partition coefficient (Wildman–Crippen LogP) is 5.26. The highest BCUT2D eigenvalue weighted by Gasteiger charge is 2.13.